The van der Waals surface area contributed by atoms with Gasteiger partial charge in [-0.3, -0.25) is 4.79 Å². The number of amides is 1. The summed E-state index contributed by atoms with van der Waals surface area (Å²) in [6, 6.07) is 0. The van der Waals surface area contributed by atoms with Gasteiger partial charge in [0.2, 0.25) is 5.91 Å². The highest BCUT2D eigenvalue weighted by Crippen LogP contribution is 2.11. The molecule has 0 atom stereocenters. The van der Waals surface area contributed by atoms with Crippen LogP contribution in [0.4, 0.5) is 0 Å². The van der Waals surface area contributed by atoms with E-state index < -0.39 is 0 Å². The largest absolute Gasteiger partial charge is 0.354 e. The van der Waals surface area contributed by atoms with E-state index >= 15 is 0 Å². The van der Waals surface area contributed by atoms with Crippen LogP contribution in [0.3, 0.4) is 0 Å². The molecule has 14 heavy (non-hydrogen) atoms. The average Bonchev–Trinajstić information content (AvgIpc) is 2.01. The van der Waals surface area contributed by atoms with E-state index in [1.807, 2.05) is 20.8 Å². The number of carbonyl (C=O) groups excluding carboxylic acids is 1. The zero-order valence-corrected chi connectivity index (χ0v) is 10.1. The van der Waals surface area contributed by atoms with E-state index in [2.05, 4.69) is 24.5 Å². The van der Waals surface area contributed by atoms with Gasteiger partial charge in [0.15, 0.2) is 0 Å². The van der Waals surface area contributed by atoms with Gasteiger partial charge in [0, 0.05) is 18.5 Å². The molecular formula is C11H24N2O. The first-order valence-corrected chi connectivity index (χ1v) is 5.33. The van der Waals surface area contributed by atoms with Crippen LogP contribution >= 0.6 is 0 Å². The van der Waals surface area contributed by atoms with Crippen molar-refractivity contribution in [1.82, 2.24) is 10.6 Å². The van der Waals surface area contributed by atoms with E-state index in [4.69, 9.17) is 0 Å². The van der Waals surface area contributed by atoms with Gasteiger partial charge in [0.25, 0.3) is 0 Å². The second-order valence-corrected chi connectivity index (χ2v) is 5.10. The molecule has 0 fully saturated rings. The Kier molecular flexibility index (Phi) is 5.77. The monoisotopic (exact) mass is 200 g/mol. The van der Waals surface area contributed by atoms with Crippen molar-refractivity contribution in [1.29, 1.82) is 0 Å². The molecule has 0 spiro atoms. The lowest BCUT2D eigenvalue weighted by atomic mass is 9.96. The van der Waals surface area contributed by atoms with Crippen LogP contribution in [0.5, 0.6) is 0 Å². The Hall–Kier alpha value is -0.570. The molecule has 0 saturated carbocycles. The SMILES string of the molecule is CC(C)CNCCNC(=O)C(C)(C)C. The Labute approximate surface area is 87.6 Å². The Balaban J connectivity index is 3.42. The van der Waals surface area contributed by atoms with Crippen LogP contribution in [-0.4, -0.2) is 25.5 Å². The smallest absolute Gasteiger partial charge is 0.225 e. The highest BCUT2D eigenvalue weighted by Gasteiger charge is 2.19. The second kappa shape index (κ2) is 6.02. The van der Waals surface area contributed by atoms with Crippen LogP contribution in [-0.2, 0) is 4.79 Å². The van der Waals surface area contributed by atoms with Crippen molar-refractivity contribution in [3.63, 3.8) is 0 Å². The van der Waals surface area contributed by atoms with E-state index in [0.29, 0.717) is 12.5 Å². The third kappa shape index (κ3) is 6.89. The average molecular weight is 200 g/mol. The van der Waals surface area contributed by atoms with Crippen molar-refractivity contribution in [3.05, 3.63) is 0 Å². The third-order valence-electron chi connectivity index (χ3n) is 1.82. The summed E-state index contributed by atoms with van der Waals surface area (Å²) >= 11 is 0. The highest BCUT2D eigenvalue weighted by molar-refractivity contribution is 5.81. The fourth-order valence-corrected chi connectivity index (χ4v) is 0.920. The number of hydrogen-bond donors (Lipinski definition) is 2. The third-order valence-corrected chi connectivity index (χ3v) is 1.82. The number of nitrogens with one attached hydrogen (secondary N) is 2. The van der Waals surface area contributed by atoms with Gasteiger partial charge in [-0.2, -0.15) is 0 Å². The minimum absolute atomic E-state index is 0.115. The minimum atomic E-state index is -0.280. The summed E-state index contributed by atoms with van der Waals surface area (Å²) in [7, 11) is 0. The van der Waals surface area contributed by atoms with Crippen molar-refractivity contribution in [3.8, 4) is 0 Å². The summed E-state index contributed by atoms with van der Waals surface area (Å²) in [5.74, 6) is 0.775. The summed E-state index contributed by atoms with van der Waals surface area (Å²) in [6.07, 6.45) is 0. The molecule has 0 aliphatic heterocycles. The Bertz CT molecular complexity index is 171. The molecule has 3 heteroatoms. The summed E-state index contributed by atoms with van der Waals surface area (Å²) in [5.41, 5.74) is -0.280. The van der Waals surface area contributed by atoms with Gasteiger partial charge in [-0.05, 0) is 12.5 Å². The minimum Gasteiger partial charge on any atom is -0.354 e. The lowest BCUT2D eigenvalue weighted by Gasteiger charge is -2.17. The van der Waals surface area contributed by atoms with E-state index in [0.717, 1.165) is 13.1 Å². The maximum atomic E-state index is 11.4. The molecule has 0 aliphatic rings. The van der Waals surface area contributed by atoms with E-state index in [1.165, 1.54) is 0 Å². The molecule has 0 bridgehead atoms. The van der Waals surface area contributed by atoms with Crippen LogP contribution < -0.4 is 10.6 Å². The van der Waals surface area contributed by atoms with Gasteiger partial charge in [0.05, 0.1) is 0 Å². The van der Waals surface area contributed by atoms with Gasteiger partial charge in [-0.15, -0.1) is 0 Å². The van der Waals surface area contributed by atoms with Crippen molar-refractivity contribution in [2.24, 2.45) is 11.3 Å². The van der Waals surface area contributed by atoms with Crippen LogP contribution in [0.25, 0.3) is 0 Å². The fourth-order valence-electron chi connectivity index (χ4n) is 0.920. The van der Waals surface area contributed by atoms with Crippen LogP contribution in [0.1, 0.15) is 34.6 Å². The van der Waals surface area contributed by atoms with Crippen molar-refractivity contribution >= 4 is 5.91 Å². The second-order valence-electron chi connectivity index (χ2n) is 5.10. The summed E-state index contributed by atoms with van der Waals surface area (Å²) in [5, 5.41) is 6.17. The van der Waals surface area contributed by atoms with E-state index in [9.17, 15) is 4.79 Å². The zero-order valence-electron chi connectivity index (χ0n) is 10.1. The number of hydrogen-bond acceptors (Lipinski definition) is 2. The molecular weight excluding hydrogens is 176 g/mol. The lowest BCUT2D eigenvalue weighted by molar-refractivity contribution is -0.128. The summed E-state index contributed by atoms with van der Waals surface area (Å²) in [6.45, 7) is 12.7. The molecule has 0 rings (SSSR count). The predicted molar refractivity (Wildman–Crippen MR) is 60.2 cm³/mol. The molecule has 84 valence electrons. The number of carbonyl (C=O) groups is 1. The van der Waals surface area contributed by atoms with Crippen LogP contribution in [0.15, 0.2) is 0 Å². The Morgan fingerprint density at radius 2 is 1.79 bits per heavy atom. The molecule has 3 nitrogen and oxygen atoms in total. The highest BCUT2D eigenvalue weighted by atomic mass is 16.2. The first-order chi connectivity index (χ1) is 6.34. The Morgan fingerprint density at radius 1 is 1.21 bits per heavy atom. The molecule has 2 N–H and O–H groups in total. The quantitative estimate of drug-likeness (QED) is 0.659. The van der Waals surface area contributed by atoms with Crippen molar-refractivity contribution in [2.75, 3.05) is 19.6 Å². The maximum absolute atomic E-state index is 11.4. The van der Waals surface area contributed by atoms with E-state index in [1.54, 1.807) is 0 Å². The van der Waals surface area contributed by atoms with Gasteiger partial charge >= 0.3 is 0 Å². The summed E-state index contributed by atoms with van der Waals surface area (Å²) in [4.78, 5) is 11.4. The first-order valence-electron chi connectivity index (χ1n) is 5.33. The fraction of sp³-hybridized carbons (Fsp3) is 0.909. The first kappa shape index (κ1) is 13.4. The molecule has 0 saturated heterocycles. The van der Waals surface area contributed by atoms with Gasteiger partial charge in [-0.1, -0.05) is 34.6 Å². The topological polar surface area (TPSA) is 41.1 Å². The lowest BCUT2D eigenvalue weighted by Crippen LogP contribution is -2.39. The predicted octanol–water partition coefficient (Wildman–Crippen LogP) is 1.39. The van der Waals surface area contributed by atoms with E-state index in [-0.39, 0.29) is 11.3 Å². The van der Waals surface area contributed by atoms with Gasteiger partial charge in [0.1, 0.15) is 0 Å². The molecule has 0 aliphatic carbocycles. The van der Waals surface area contributed by atoms with Gasteiger partial charge in [-0.25, -0.2) is 0 Å². The molecule has 0 heterocycles. The van der Waals surface area contributed by atoms with Gasteiger partial charge < -0.3 is 10.6 Å². The standard InChI is InChI=1S/C11H24N2O/c1-9(2)8-12-6-7-13-10(14)11(3,4)5/h9,12H,6-8H2,1-5H3,(H,13,14). The zero-order chi connectivity index (χ0) is 11.2. The molecule has 0 aromatic heterocycles. The molecule has 1 amide bonds. The van der Waals surface area contributed by atoms with Crippen molar-refractivity contribution < 1.29 is 4.79 Å². The normalized spacial score (nSPS) is 11.9. The van der Waals surface area contributed by atoms with Crippen molar-refractivity contribution in [2.45, 2.75) is 34.6 Å². The van der Waals surface area contributed by atoms with Crippen LogP contribution in [0.2, 0.25) is 0 Å². The molecule has 0 radical (unpaired) electrons. The maximum Gasteiger partial charge on any atom is 0.225 e. The van der Waals surface area contributed by atoms with Crippen LogP contribution in [0, 0.1) is 11.3 Å². The Morgan fingerprint density at radius 3 is 2.21 bits per heavy atom. The number of rotatable bonds is 5. The molecule has 0 aromatic rings. The molecule has 0 unspecified atom stereocenters. The summed E-state index contributed by atoms with van der Waals surface area (Å²) < 4.78 is 0. The molecule has 0 aromatic carbocycles.